The van der Waals surface area contributed by atoms with Gasteiger partial charge >= 0.3 is 5.97 Å². The van der Waals surface area contributed by atoms with Gasteiger partial charge in [0.05, 0.1) is 13.7 Å². The maximum absolute atomic E-state index is 13.9. The van der Waals surface area contributed by atoms with Crippen LogP contribution in [0.1, 0.15) is 76.7 Å². The number of nitrogens with zero attached hydrogens (tertiary/aromatic N) is 1. The van der Waals surface area contributed by atoms with E-state index in [4.69, 9.17) is 9.47 Å². The molecule has 1 heterocycles. The SMILES string of the molecule is CC[C@H]1[C@@H](COC)C[C@@](CC(C)C)(C(=O)O)N1C(=O)c1ccc(C(C)(C)C)c(OC)c1. The number of hydrogen-bond donors (Lipinski definition) is 1. The number of methoxy groups -OCH3 is 2. The lowest BCUT2D eigenvalue weighted by Gasteiger charge is -2.39. The van der Waals surface area contributed by atoms with Crippen molar-refractivity contribution in [3.63, 3.8) is 0 Å². The smallest absolute Gasteiger partial charge is 0.329 e. The number of carbonyl (C=O) groups is 2. The molecule has 1 saturated heterocycles. The zero-order valence-corrected chi connectivity index (χ0v) is 20.3. The molecule has 174 valence electrons. The van der Waals surface area contributed by atoms with Gasteiger partial charge < -0.3 is 19.5 Å². The number of carbonyl (C=O) groups excluding carboxylic acids is 1. The van der Waals surface area contributed by atoms with E-state index in [1.165, 1.54) is 0 Å². The van der Waals surface area contributed by atoms with Gasteiger partial charge in [0.15, 0.2) is 0 Å². The molecule has 0 bridgehead atoms. The number of carboxylic acids is 1. The molecule has 6 nitrogen and oxygen atoms in total. The molecule has 1 amide bonds. The molecule has 31 heavy (non-hydrogen) atoms. The van der Waals surface area contributed by atoms with Crippen LogP contribution in [0.25, 0.3) is 0 Å². The lowest BCUT2D eigenvalue weighted by molar-refractivity contribution is -0.150. The molecule has 1 aromatic carbocycles. The Morgan fingerprint density at radius 2 is 1.90 bits per heavy atom. The van der Waals surface area contributed by atoms with Gasteiger partial charge in [-0.05, 0) is 48.3 Å². The van der Waals surface area contributed by atoms with E-state index in [0.29, 0.717) is 37.2 Å². The molecule has 0 aromatic heterocycles. The molecule has 0 saturated carbocycles. The number of aliphatic carboxylic acids is 1. The summed E-state index contributed by atoms with van der Waals surface area (Å²) in [5.74, 6) is -0.450. The van der Waals surface area contributed by atoms with E-state index in [2.05, 4.69) is 20.8 Å². The Morgan fingerprint density at radius 3 is 2.35 bits per heavy atom. The summed E-state index contributed by atoms with van der Waals surface area (Å²) in [7, 11) is 3.22. The van der Waals surface area contributed by atoms with Crippen molar-refractivity contribution in [1.29, 1.82) is 0 Å². The fraction of sp³-hybridized carbons (Fsp3) is 0.680. The van der Waals surface area contributed by atoms with Crippen molar-refractivity contribution in [1.82, 2.24) is 4.90 Å². The third-order valence-corrected chi connectivity index (χ3v) is 6.36. The number of carboxylic acid groups (broad SMARTS) is 1. The van der Waals surface area contributed by atoms with Crippen LogP contribution < -0.4 is 4.74 Å². The molecule has 0 unspecified atom stereocenters. The Kier molecular flexibility index (Phi) is 7.79. The quantitative estimate of drug-likeness (QED) is 0.640. The van der Waals surface area contributed by atoms with Crippen LogP contribution in [-0.4, -0.2) is 54.3 Å². The van der Waals surface area contributed by atoms with Crippen molar-refractivity contribution < 1.29 is 24.2 Å². The Morgan fingerprint density at radius 1 is 1.26 bits per heavy atom. The summed E-state index contributed by atoms with van der Waals surface area (Å²) in [6, 6.07) is 5.27. The molecule has 0 spiro atoms. The Balaban J connectivity index is 2.61. The van der Waals surface area contributed by atoms with Crippen molar-refractivity contribution in [2.75, 3.05) is 20.8 Å². The van der Waals surface area contributed by atoms with Crippen LogP contribution in [0.3, 0.4) is 0 Å². The summed E-state index contributed by atoms with van der Waals surface area (Å²) in [6.45, 7) is 12.7. The zero-order chi connectivity index (χ0) is 23.6. The second kappa shape index (κ2) is 9.60. The van der Waals surface area contributed by atoms with Crippen LogP contribution in [0, 0.1) is 11.8 Å². The van der Waals surface area contributed by atoms with Gasteiger partial charge in [0.25, 0.3) is 5.91 Å². The molecule has 2 rings (SSSR count). The van der Waals surface area contributed by atoms with Crippen molar-refractivity contribution in [2.45, 2.75) is 77.8 Å². The molecule has 3 atom stereocenters. The minimum atomic E-state index is -1.24. The van der Waals surface area contributed by atoms with E-state index >= 15 is 0 Å². The van der Waals surface area contributed by atoms with Crippen LogP contribution in [0.4, 0.5) is 0 Å². The average Bonchev–Trinajstić information content (AvgIpc) is 2.99. The molecule has 0 aliphatic carbocycles. The van der Waals surface area contributed by atoms with Crippen LogP contribution in [0.2, 0.25) is 0 Å². The number of rotatable bonds is 8. The summed E-state index contributed by atoms with van der Waals surface area (Å²) in [5, 5.41) is 10.4. The number of hydrogen-bond acceptors (Lipinski definition) is 4. The molecule has 0 radical (unpaired) electrons. The molecular weight excluding hydrogens is 394 g/mol. The Hall–Kier alpha value is -2.08. The molecule has 1 N–H and O–H groups in total. The lowest BCUT2D eigenvalue weighted by Crippen LogP contribution is -2.56. The van der Waals surface area contributed by atoms with Crippen LogP contribution in [0.5, 0.6) is 5.75 Å². The highest BCUT2D eigenvalue weighted by Crippen LogP contribution is 2.45. The van der Waals surface area contributed by atoms with Gasteiger partial charge in [-0.1, -0.05) is 47.6 Å². The van der Waals surface area contributed by atoms with Gasteiger partial charge in [-0.2, -0.15) is 0 Å². The summed E-state index contributed by atoms with van der Waals surface area (Å²) >= 11 is 0. The Labute approximate surface area is 186 Å². The normalized spacial score (nSPS) is 24.0. The largest absolute Gasteiger partial charge is 0.496 e. The number of amides is 1. The van der Waals surface area contributed by atoms with Crippen LogP contribution in [-0.2, 0) is 14.9 Å². The summed E-state index contributed by atoms with van der Waals surface area (Å²) < 4.78 is 11.0. The van der Waals surface area contributed by atoms with Gasteiger partial charge in [0.1, 0.15) is 11.3 Å². The van der Waals surface area contributed by atoms with Gasteiger partial charge in [0, 0.05) is 24.6 Å². The summed E-state index contributed by atoms with van der Waals surface area (Å²) in [4.78, 5) is 28.2. The monoisotopic (exact) mass is 433 g/mol. The van der Waals surface area contributed by atoms with E-state index in [9.17, 15) is 14.7 Å². The molecule has 1 aliphatic heterocycles. The van der Waals surface area contributed by atoms with E-state index < -0.39 is 11.5 Å². The Bertz CT molecular complexity index is 798. The minimum Gasteiger partial charge on any atom is -0.496 e. The topological polar surface area (TPSA) is 76.1 Å². The second-order valence-electron chi connectivity index (χ2n) is 10.2. The molecule has 1 fully saturated rings. The second-order valence-corrected chi connectivity index (χ2v) is 10.2. The zero-order valence-electron chi connectivity index (χ0n) is 20.3. The van der Waals surface area contributed by atoms with Crippen LogP contribution in [0.15, 0.2) is 18.2 Å². The van der Waals surface area contributed by atoms with E-state index in [1.54, 1.807) is 31.3 Å². The van der Waals surface area contributed by atoms with Crippen molar-refractivity contribution in [3.05, 3.63) is 29.3 Å². The predicted molar refractivity (Wildman–Crippen MR) is 122 cm³/mol. The first-order chi connectivity index (χ1) is 14.4. The van der Waals surface area contributed by atoms with Crippen molar-refractivity contribution >= 4 is 11.9 Å². The highest BCUT2D eigenvalue weighted by atomic mass is 16.5. The van der Waals surface area contributed by atoms with Gasteiger partial charge in [-0.15, -0.1) is 0 Å². The maximum atomic E-state index is 13.9. The predicted octanol–water partition coefficient (Wildman–Crippen LogP) is 4.75. The highest BCUT2D eigenvalue weighted by Gasteiger charge is 2.57. The number of ether oxygens (including phenoxy) is 2. The van der Waals surface area contributed by atoms with Crippen LogP contribution >= 0.6 is 0 Å². The number of benzene rings is 1. The van der Waals surface area contributed by atoms with Gasteiger partial charge in [-0.3, -0.25) is 4.79 Å². The molecule has 1 aliphatic rings. The average molecular weight is 434 g/mol. The summed E-state index contributed by atoms with van der Waals surface area (Å²) in [5.41, 5.74) is 0.0727. The first-order valence-electron chi connectivity index (χ1n) is 11.2. The fourth-order valence-corrected chi connectivity index (χ4v) is 5.16. The van der Waals surface area contributed by atoms with Gasteiger partial charge in [0.2, 0.25) is 0 Å². The standard InChI is InChI=1S/C25H39NO5/c1-9-20-18(15-30-7)14-25(23(28)29,13-16(2)3)26(20)22(27)17-10-11-19(24(4,5)6)21(12-17)31-8/h10-12,16,18,20H,9,13-15H2,1-8H3,(H,28,29)/t18-,20+,25+/m1/s1. The molecular formula is C25H39NO5. The van der Waals surface area contributed by atoms with E-state index in [1.807, 2.05) is 26.8 Å². The summed E-state index contributed by atoms with van der Waals surface area (Å²) in [6.07, 6.45) is 1.47. The van der Waals surface area contributed by atoms with E-state index in [-0.39, 0.29) is 29.2 Å². The minimum absolute atomic E-state index is 0.0236. The third-order valence-electron chi connectivity index (χ3n) is 6.36. The number of likely N-dealkylation sites (tertiary alicyclic amines) is 1. The lowest BCUT2D eigenvalue weighted by atomic mass is 9.83. The fourth-order valence-electron chi connectivity index (χ4n) is 5.16. The third kappa shape index (κ3) is 4.89. The highest BCUT2D eigenvalue weighted by molar-refractivity contribution is 5.99. The molecule has 1 aromatic rings. The van der Waals surface area contributed by atoms with Gasteiger partial charge in [-0.25, -0.2) is 4.79 Å². The van der Waals surface area contributed by atoms with Crippen molar-refractivity contribution in [2.24, 2.45) is 11.8 Å². The first kappa shape index (κ1) is 25.2. The van der Waals surface area contributed by atoms with E-state index in [0.717, 1.165) is 5.56 Å². The maximum Gasteiger partial charge on any atom is 0.329 e. The first-order valence-corrected chi connectivity index (χ1v) is 11.2. The molecule has 6 heteroatoms. The van der Waals surface area contributed by atoms with Crippen molar-refractivity contribution in [3.8, 4) is 5.75 Å².